The Morgan fingerprint density at radius 3 is 2.41 bits per heavy atom. The Hall–Kier alpha value is -1.07. The highest BCUT2D eigenvalue weighted by Gasteiger charge is 2.27. The van der Waals surface area contributed by atoms with Crippen molar-refractivity contribution in [3.05, 3.63) is 35.9 Å². The second-order valence-electron chi connectivity index (χ2n) is 3.81. The fourth-order valence-electron chi connectivity index (χ4n) is 1.46. The van der Waals surface area contributed by atoms with Gasteiger partial charge in [-0.25, -0.2) is 0 Å². The van der Waals surface area contributed by atoms with Gasteiger partial charge in [0.15, 0.2) is 0 Å². The Bertz CT molecular complexity index is 313. The largest absolute Gasteiger partial charge is 0.411 e. The second kappa shape index (κ2) is 6.61. The van der Waals surface area contributed by atoms with E-state index in [2.05, 4.69) is 10.1 Å². The Balaban J connectivity index is 2.34. The summed E-state index contributed by atoms with van der Waals surface area (Å²) in [5, 5.41) is 2.94. The monoisotopic (exact) mass is 247 g/mol. The van der Waals surface area contributed by atoms with Crippen LogP contribution < -0.4 is 5.32 Å². The molecule has 0 amide bonds. The van der Waals surface area contributed by atoms with E-state index in [4.69, 9.17) is 0 Å². The Morgan fingerprint density at radius 2 is 1.88 bits per heavy atom. The lowest BCUT2D eigenvalue weighted by atomic mass is 10.1. The zero-order valence-electron chi connectivity index (χ0n) is 9.63. The van der Waals surface area contributed by atoms with Crippen molar-refractivity contribution in [3.63, 3.8) is 0 Å². The molecule has 0 radical (unpaired) electrons. The van der Waals surface area contributed by atoms with E-state index in [9.17, 15) is 13.2 Å². The zero-order chi connectivity index (χ0) is 12.7. The van der Waals surface area contributed by atoms with E-state index in [1.165, 1.54) is 0 Å². The zero-order valence-corrected chi connectivity index (χ0v) is 9.63. The van der Waals surface area contributed by atoms with Gasteiger partial charge in [0.25, 0.3) is 0 Å². The van der Waals surface area contributed by atoms with Gasteiger partial charge in [-0.05, 0) is 19.0 Å². The molecule has 1 atom stereocenters. The summed E-state index contributed by atoms with van der Waals surface area (Å²) in [7, 11) is 1.71. The number of benzene rings is 1. The quantitative estimate of drug-likeness (QED) is 0.833. The molecule has 0 aliphatic carbocycles. The highest BCUT2D eigenvalue weighted by molar-refractivity contribution is 5.15. The fourth-order valence-corrected chi connectivity index (χ4v) is 1.46. The maximum absolute atomic E-state index is 11.9. The maximum Gasteiger partial charge on any atom is 0.411 e. The highest BCUT2D eigenvalue weighted by Crippen LogP contribution is 2.14. The molecule has 0 saturated heterocycles. The van der Waals surface area contributed by atoms with Gasteiger partial charge in [0, 0.05) is 6.04 Å². The normalized spacial score (nSPS) is 13.6. The summed E-state index contributed by atoms with van der Waals surface area (Å²) >= 11 is 0. The van der Waals surface area contributed by atoms with E-state index in [0.29, 0.717) is 6.42 Å². The van der Waals surface area contributed by atoms with E-state index in [1.807, 2.05) is 30.3 Å². The van der Waals surface area contributed by atoms with E-state index in [-0.39, 0.29) is 12.6 Å². The van der Waals surface area contributed by atoms with Crippen LogP contribution in [0.5, 0.6) is 0 Å². The second-order valence-corrected chi connectivity index (χ2v) is 3.81. The number of alkyl halides is 3. The summed E-state index contributed by atoms with van der Waals surface area (Å²) in [6.45, 7) is -1.15. The molecule has 0 saturated carbocycles. The molecule has 17 heavy (non-hydrogen) atoms. The van der Waals surface area contributed by atoms with Crippen LogP contribution in [0.15, 0.2) is 30.3 Å². The number of rotatable bonds is 6. The molecule has 5 heteroatoms. The first kappa shape index (κ1) is 14.0. The Morgan fingerprint density at radius 1 is 1.24 bits per heavy atom. The first-order valence-corrected chi connectivity index (χ1v) is 5.37. The van der Waals surface area contributed by atoms with Crippen LogP contribution in [0.4, 0.5) is 13.2 Å². The highest BCUT2D eigenvalue weighted by atomic mass is 19.4. The molecule has 1 unspecified atom stereocenters. The molecule has 0 fully saturated rings. The van der Waals surface area contributed by atoms with Crippen LogP contribution in [0.1, 0.15) is 5.56 Å². The van der Waals surface area contributed by atoms with Crippen LogP contribution in [-0.4, -0.2) is 32.5 Å². The summed E-state index contributed by atoms with van der Waals surface area (Å²) in [5.41, 5.74) is 1.07. The van der Waals surface area contributed by atoms with Gasteiger partial charge in [-0.3, -0.25) is 0 Å². The molecular weight excluding hydrogens is 231 g/mol. The minimum Gasteiger partial charge on any atom is -0.370 e. The number of likely N-dealkylation sites (N-methyl/N-ethyl adjacent to an activating group) is 1. The average molecular weight is 247 g/mol. The van der Waals surface area contributed by atoms with Gasteiger partial charge in [0.1, 0.15) is 6.61 Å². The van der Waals surface area contributed by atoms with Gasteiger partial charge in [0.2, 0.25) is 0 Å². The molecule has 0 aliphatic heterocycles. The van der Waals surface area contributed by atoms with E-state index in [0.717, 1.165) is 5.56 Å². The van der Waals surface area contributed by atoms with E-state index in [1.54, 1.807) is 7.05 Å². The fraction of sp³-hybridized carbons (Fsp3) is 0.500. The number of hydrogen-bond donors (Lipinski definition) is 1. The molecule has 1 aromatic carbocycles. The Labute approximate surface area is 98.8 Å². The smallest absolute Gasteiger partial charge is 0.370 e. The SMILES string of the molecule is CNC(COCC(F)(F)F)Cc1ccccc1. The van der Waals surface area contributed by atoms with Crippen molar-refractivity contribution in [1.82, 2.24) is 5.32 Å². The van der Waals surface area contributed by atoms with Crippen molar-refractivity contribution < 1.29 is 17.9 Å². The standard InChI is InChI=1S/C12H16F3NO/c1-16-11(8-17-9-12(13,14)15)7-10-5-3-2-4-6-10/h2-6,11,16H,7-9H2,1H3. The third-order valence-electron chi connectivity index (χ3n) is 2.32. The van der Waals surface area contributed by atoms with E-state index >= 15 is 0 Å². The third-order valence-corrected chi connectivity index (χ3v) is 2.32. The first-order chi connectivity index (χ1) is 8.01. The lowest BCUT2D eigenvalue weighted by molar-refractivity contribution is -0.175. The van der Waals surface area contributed by atoms with Crippen LogP contribution in [0, 0.1) is 0 Å². The van der Waals surface area contributed by atoms with Crippen LogP contribution in [-0.2, 0) is 11.2 Å². The Kier molecular flexibility index (Phi) is 5.44. The van der Waals surface area contributed by atoms with Crippen molar-refractivity contribution in [1.29, 1.82) is 0 Å². The summed E-state index contributed by atoms with van der Waals surface area (Å²) in [5.74, 6) is 0. The van der Waals surface area contributed by atoms with Crippen molar-refractivity contribution in [2.24, 2.45) is 0 Å². The predicted molar refractivity (Wildman–Crippen MR) is 59.9 cm³/mol. The minimum atomic E-state index is -4.26. The van der Waals surface area contributed by atoms with Crippen LogP contribution in [0.25, 0.3) is 0 Å². The van der Waals surface area contributed by atoms with Gasteiger partial charge < -0.3 is 10.1 Å². The van der Waals surface area contributed by atoms with Gasteiger partial charge in [-0.15, -0.1) is 0 Å². The molecule has 96 valence electrons. The van der Waals surface area contributed by atoms with Crippen molar-refractivity contribution in [3.8, 4) is 0 Å². The summed E-state index contributed by atoms with van der Waals surface area (Å²) in [6.07, 6.45) is -3.61. The molecule has 1 aromatic rings. The molecule has 0 heterocycles. The minimum absolute atomic E-state index is 0.0465. The number of ether oxygens (including phenoxy) is 1. The van der Waals surface area contributed by atoms with Gasteiger partial charge in [0.05, 0.1) is 6.61 Å². The molecule has 0 bridgehead atoms. The summed E-state index contributed by atoms with van der Waals surface area (Å²) < 4.78 is 40.3. The molecule has 0 spiro atoms. The molecule has 2 nitrogen and oxygen atoms in total. The number of hydrogen-bond acceptors (Lipinski definition) is 2. The van der Waals surface area contributed by atoms with Crippen LogP contribution in [0.3, 0.4) is 0 Å². The molecule has 0 aromatic heterocycles. The summed E-state index contributed by atoms with van der Waals surface area (Å²) in [4.78, 5) is 0. The molecule has 1 N–H and O–H groups in total. The van der Waals surface area contributed by atoms with Crippen molar-refractivity contribution in [2.75, 3.05) is 20.3 Å². The predicted octanol–water partition coefficient (Wildman–Crippen LogP) is 2.40. The molecular formula is C12H16F3NO. The van der Waals surface area contributed by atoms with Crippen LogP contribution in [0.2, 0.25) is 0 Å². The first-order valence-electron chi connectivity index (χ1n) is 5.37. The third kappa shape index (κ3) is 6.28. The number of halogens is 3. The maximum atomic E-state index is 11.9. The van der Waals surface area contributed by atoms with Crippen molar-refractivity contribution in [2.45, 2.75) is 18.6 Å². The summed E-state index contributed by atoms with van der Waals surface area (Å²) in [6, 6.07) is 9.47. The average Bonchev–Trinajstić information content (AvgIpc) is 2.27. The number of nitrogens with one attached hydrogen (secondary N) is 1. The molecule has 1 rings (SSSR count). The lowest BCUT2D eigenvalue weighted by Crippen LogP contribution is -2.34. The van der Waals surface area contributed by atoms with Gasteiger partial charge in [-0.2, -0.15) is 13.2 Å². The van der Waals surface area contributed by atoms with E-state index < -0.39 is 12.8 Å². The van der Waals surface area contributed by atoms with Gasteiger partial charge in [-0.1, -0.05) is 30.3 Å². The van der Waals surface area contributed by atoms with Gasteiger partial charge >= 0.3 is 6.18 Å². The van der Waals surface area contributed by atoms with Crippen molar-refractivity contribution >= 4 is 0 Å². The molecule has 0 aliphatic rings. The topological polar surface area (TPSA) is 21.3 Å². The van der Waals surface area contributed by atoms with Crippen LogP contribution >= 0.6 is 0 Å². The lowest BCUT2D eigenvalue weighted by Gasteiger charge is -2.17.